The maximum atomic E-state index is 12.5. The Morgan fingerprint density at radius 2 is 1.83 bits per heavy atom. The number of nitrogens with one attached hydrogen (secondary N) is 1. The van der Waals surface area contributed by atoms with Gasteiger partial charge >= 0.3 is 7.12 Å². The van der Waals surface area contributed by atoms with E-state index in [4.69, 9.17) is 0 Å². The van der Waals surface area contributed by atoms with Crippen molar-refractivity contribution in [1.29, 1.82) is 0 Å². The Bertz CT molecular complexity index is 570. The summed E-state index contributed by atoms with van der Waals surface area (Å²) in [5.41, 5.74) is 0.290. The summed E-state index contributed by atoms with van der Waals surface area (Å²) in [5, 5.41) is 21.6. The molecule has 1 saturated carbocycles. The molecule has 1 aromatic carbocycles. The van der Waals surface area contributed by atoms with Crippen LogP contribution in [0.15, 0.2) is 30.3 Å². The zero-order chi connectivity index (χ0) is 17.7. The van der Waals surface area contributed by atoms with E-state index in [9.17, 15) is 19.6 Å². The number of hydrogen-bond acceptors (Lipinski definition) is 4. The second-order valence-corrected chi connectivity index (χ2v) is 7.28. The lowest BCUT2D eigenvalue weighted by Crippen LogP contribution is -2.49. The summed E-state index contributed by atoms with van der Waals surface area (Å²) in [7, 11) is -1.59. The van der Waals surface area contributed by atoms with Crippen molar-refractivity contribution in [3.63, 3.8) is 0 Å². The minimum atomic E-state index is -1.59. The quantitative estimate of drug-likeness (QED) is 0.599. The lowest BCUT2D eigenvalue weighted by atomic mass is 9.74. The van der Waals surface area contributed by atoms with Crippen molar-refractivity contribution in [3.8, 4) is 0 Å². The van der Waals surface area contributed by atoms with Gasteiger partial charge in [-0.2, -0.15) is 0 Å². The van der Waals surface area contributed by atoms with Gasteiger partial charge in [-0.3, -0.25) is 9.59 Å². The van der Waals surface area contributed by atoms with E-state index in [2.05, 4.69) is 5.32 Å². The molecule has 0 heterocycles. The monoisotopic (exact) mass is 331 g/mol. The SMILES string of the molecule is CC(C)C[C@H](NC(=O)C1(CC(=O)Cc2ccccc2)CC1)B(O)O. The Balaban J connectivity index is 1.92. The second kappa shape index (κ2) is 7.95. The van der Waals surface area contributed by atoms with Crippen LogP contribution in [0, 0.1) is 11.3 Å². The number of amides is 1. The van der Waals surface area contributed by atoms with Crippen LogP contribution in [-0.2, 0) is 16.0 Å². The van der Waals surface area contributed by atoms with E-state index in [1.807, 2.05) is 44.2 Å². The van der Waals surface area contributed by atoms with E-state index < -0.39 is 18.5 Å². The second-order valence-electron chi connectivity index (χ2n) is 7.28. The van der Waals surface area contributed by atoms with Crippen LogP contribution in [0.2, 0.25) is 0 Å². The number of rotatable bonds is 9. The number of carbonyl (C=O) groups is 2. The van der Waals surface area contributed by atoms with Crippen molar-refractivity contribution in [2.75, 3.05) is 0 Å². The highest BCUT2D eigenvalue weighted by Crippen LogP contribution is 2.49. The zero-order valence-corrected chi connectivity index (χ0v) is 14.4. The smallest absolute Gasteiger partial charge is 0.426 e. The lowest BCUT2D eigenvalue weighted by molar-refractivity contribution is -0.131. The summed E-state index contributed by atoms with van der Waals surface area (Å²) >= 11 is 0. The van der Waals surface area contributed by atoms with E-state index in [-0.39, 0.29) is 24.0 Å². The standard InChI is InChI=1S/C18H26BNO4/c1-13(2)10-16(19(23)24)20-17(22)18(8-9-18)12-15(21)11-14-6-4-3-5-7-14/h3-7,13,16,23-24H,8-12H2,1-2H3,(H,20,22)/t16-/m0/s1. The van der Waals surface area contributed by atoms with Crippen LogP contribution in [0.4, 0.5) is 0 Å². The maximum absolute atomic E-state index is 12.5. The van der Waals surface area contributed by atoms with Gasteiger partial charge in [0.05, 0.1) is 11.4 Å². The normalized spacial score (nSPS) is 16.5. The first-order chi connectivity index (χ1) is 11.3. The van der Waals surface area contributed by atoms with Gasteiger partial charge in [0, 0.05) is 12.8 Å². The van der Waals surface area contributed by atoms with Gasteiger partial charge < -0.3 is 15.4 Å². The molecular weight excluding hydrogens is 305 g/mol. The molecule has 0 radical (unpaired) electrons. The molecule has 0 saturated heterocycles. The molecule has 0 aliphatic heterocycles. The Morgan fingerprint density at radius 1 is 1.21 bits per heavy atom. The number of ketones is 1. The van der Waals surface area contributed by atoms with Crippen molar-refractivity contribution in [3.05, 3.63) is 35.9 Å². The molecule has 3 N–H and O–H groups in total. The van der Waals surface area contributed by atoms with Gasteiger partial charge in [0.25, 0.3) is 0 Å². The zero-order valence-electron chi connectivity index (χ0n) is 14.4. The number of Topliss-reactive ketones (excluding diaryl/α,β-unsaturated/α-hetero) is 1. The third-order valence-electron chi connectivity index (χ3n) is 4.52. The third-order valence-corrected chi connectivity index (χ3v) is 4.52. The van der Waals surface area contributed by atoms with Gasteiger partial charge in [-0.05, 0) is 30.7 Å². The number of benzene rings is 1. The molecule has 2 rings (SSSR count). The van der Waals surface area contributed by atoms with Crippen molar-refractivity contribution in [2.24, 2.45) is 11.3 Å². The molecule has 0 unspecified atom stereocenters. The maximum Gasteiger partial charge on any atom is 0.475 e. The van der Waals surface area contributed by atoms with E-state index in [0.29, 0.717) is 25.7 Å². The summed E-state index contributed by atoms with van der Waals surface area (Å²) in [6.07, 6.45) is 2.37. The van der Waals surface area contributed by atoms with Crippen LogP contribution < -0.4 is 5.32 Å². The van der Waals surface area contributed by atoms with E-state index >= 15 is 0 Å². The van der Waals surface area contributed by atoms with Gasteiger partial charge in [-0.1, -0.05) is 44.2 Å². The first-order valence-electron chi connectivity index (χ1n) is 8.55. The first kappa shape index (κ1) is 18.7. The molecule has 1 fully saturated rings. The molecular formula is C18H26BNO4. The van der Waals surface area contributed by atoms with Crippen molar-refractivity contribution in [1.82, 2.24) is 5.32 Å². The highest BCUT2D eigenvalue weighted by Gasteiger charge is 2.51. The molecule has 6 heteroatoms. The Labute approximate surface area is 143 Å². The van der Waals surface area contributed by atoms with Crippen LogP contribution in [0.5, 0.6) is 0 Å². The number of carbonyl (C=O) groups excluding carboxylic acids is 2. The van der Waals surface area contributed by atoms with E-state index in [1.165, 1.54) is 0 Å². The molecule has 5 nitrogen and oxygen atoms in total. The molecule has 1 aliphatic carbocycles. The van der Waals surface area contributed by atoms with E-state index in [1.54, 1.807) is 0 Å². The molecule has 1 atom stereocenters. The Hall–Kier alpha value is -1.66. The van der Waals surface area contributed by atoms with Crippen LogP contribution >= 0.6 is 0 Å². The van der Waals surface area contributed by atoms with Gasteiger partial charge in [0.15, 0.2) is 0 Å². The summed E-state index contributed by atoms with van der Waals surface area (Å²) in [4.78, 5) is 24.8. The van der Waals surface area contributed by atoms with Crippen LogP contribution in [0.1, 0.15) is 45.1 Å². The van der Waals surface area contributed by atoms with Crippen LogP contribution in [-0.4, -0.2) is 34.8 Å². The predicted octanol–water partition coefficient (Wildman–Crippen LogP) is 1.51. The Morgan fingerprint density at radius 3 is 2.33 bits per heavy atom. The lowest BCUT2D eigenvalue weighted by Gasteiger charge is -2.23. The van der Waals surface area contributed by atoms with Gasteiger partial charge in [-0.25, -0.2) is 0 Å². The van der Waals surface area contributed by atoms with Gasteiger partial charge in [0.2, 0.25) is 5.91 Å². The molecule has 1 aromatic rings. The highest BCUT2D eigenvalue weighted by molar-refractivity contribution is 6.43. The third kappa shape index (κ3) is 5.18. The average Bonchev–Trinajstić information content (AvgIpc) is 3.27. The number of hydrogen-bond donors (Lipinski definition) is 3. The molecule has 0 bridgehead atoms. The Kier molecular flexibility index (Phi) is 6.18. The molecule has 0 aromatic heterocycles. The molecule has 1 amide bonds. The molecule has 24 heavy (non-hydrogen) atoms. The fourth-order valence-corrected chi connectivity index (χ4v) is 2.98. The van der Waals surface area contributed by atoms with Crippen molar-refractivity contribution < 1.29 is 19.6 Å². The van der Waals surface area contributed by atoms with Crippen molar-refractivity contribution >= 4 is 18.8 Å². The van der Waals surface area contributed by atoms with E-state index in [0.717, 1.165) is 5.56 Å². The molecule has 0 spiro atoms. The largest absolute Gasteiger partial charge is 0.475 e. The fourth-order valence-electron chi connectivity index (χ4n) is 2.98. The predicted molar refractivity (Wildman–Crippen MR) is 93.0 cm³/mol. The van der Waals surface area contributed by atoms with Gasteiger partial charge in [-0.15, -0.1) is 0 Å². The minimum absolute atomic E-state index is 0.0406. The summed E-state index contributed by atoms with van der Waals surface area (Å²) in [6, 6.07) is 9.48. The minimum Gasteiger partial charge on any atom is -0.426 e. The van der Waals surface area contributed by atoms with Crippen molar-refractivity contribution in [2.45, 2.75) is 51.9 Å². The van der Waals surface area contributed by atoms with Crippen LogP contribution in [0.25, 0.3) is 0 Å². The average molecular weight is 331 g/mol. The molecule has 1 aliphatic rings. The molecule has 130 valence electrons. The van der Waals surface area contributed by atoms with Gasteiger partial charge in [0.1, 0.15) is 5.78 Å². The fraction of sp³-hybridized carbons (Fsp3) is 0.556. The topological polar surface area (TPSA) is 86.6 Å². The summed E-state index contributed by atoms with van der Waals surface area (Å²) in [6.45, 7) is 3.91. The summed E-state index contributed by atoms with van der Waals surface area (Å²) in [5.74, 6) is -0.660. The summed E-state index contributed by atoms with van der Waals surface area (Å²) < 4.78 is 0. The highest BCUT2D eigenvalue weighted by atomic mass is 16.4. The van der Waals surface area contributed by atoms with Crippen LogP contribution in [0.3, 0.4) is 0 Å². The first-order valence-corrected chi connectivity index (χ1v) is 8.55.